The summed E-state index contributed by atoms with van der Waals surface area (Å²) < 4.78 is 0. The molecule has 0 aliphatic rings. The van der Waals surface area contributed by atoms with Crippen LogP contribution in [-0.4, -0.2) is 10.9 Å². The zero-order valence-corrected chi connectivity index (χ0v) is 17.7. The lowest BCUT2D eigenvalue weighted by Gasteiger charge is -2.06. The molecule has 5 heteroatoms. The van der Waals surface area contributed by atoms with Crippen molar-refractivity contribution >= 4 is 29.0 Å². The number of hydrogen-bond acceptors (Lipinski definition) is 4. The van der Waals surface area contributed by atoms with Crippen LogP contribution < -0.4 is 5.32 Å². The molecule has 4 nitrogen and oxygen atoms in total. The minimum Gasteiger partial charge on any atom is -0.321 e. The molecule has 0 unspecified atom stereocenters. The molecule has 4 aromatic rings. The number of nitrogens with zero attached hydrogens (tertiary/aromatic N) is 2. The molecular formula is C26H19N3OS. The summed E-state index contributed by atoms with van der Waals surface area (Å²) in [5.74, 6) is -0.435. The number of rotatable bonds is 5. The molecule has 1 aromatic heterocycles. The van der Waals surface area contributed by atoms with Crippen molar-refractivity contribution in [1.29, 1.82) is 5.26 Å². The van der Waals surface area contributed by atoms with Gasteiger partial charge in [-0.05, 0) is 30.7 Å². The SMILES string of the molecule is Cc1sc(-c2ccccc2)nc1-c1ccc(NC(=O)/C(C#N)=C/c2ccccc2)cc1. The van der Waals surface area contributed by atoms with Crippen LogP contribution in [0.3, 0.4) is 0 Å². The smallest absolute Gasteiger partial charge is 0.266 e. The Bertz CT molecular complexity index is 1270. The maximum atomic E-state index is 12.5. The van der Waals surface area contributed by atoms with Gasteiger partial charge in [-0.2, -0.15) is 5.26 Å². The van der Waals surface area contributed by atoms with Crippen molar-refractivity contribution in [2.45, 2.75) is 6.92 Å². The van der Waals surface area contributed by atoms with Crippen molar-refractivity contribution in [2.75, 3.05) is 5.32 Å². The van der Waals surface area contributed by atoms with Crippen LogP contribution >= 0.6 is 11.3 Å². The fraction of sp³-hybridized carbons (Fsp3) is 0.0385. The van der Waals surface area contributed by atoms with Gasteiger partial charge in [-0.1, -0.05) is 72.8 Å². The molecule has 1 N–H and O–H groups in total. The number of amides is 1. The highest BCUT2D eigenvalue weighted by molar-refractivity contribution is 7.15. The van der Waals surface area contributed by atoms with Crippen LogP contribution in [0.5, 0.6) is 0 Å². The third-order valence-corrected chi connectivity index (χ3v) is 5.73. The number of thiazole rings is 1. The molecule has 0 aliphatic carbocycles. The third kappa shape index (κ3) is 4.77. The third-order valence-electron chi connectivity index (χ3n) is 4.71. The van der Waals surface area contributed by atoms with Crippen LogP contribution in [0.15, 0.2) is 90.5 Å². The van der Waals surface area contributed by atoms with Gasteiger partial charge in [0.1, 0.15) is 16.6 Å². The van der Waals surface area contributed by atoms with E-state index in [4.69, 9.17) is 4.98 Å². The van der Waals surface area contributed by atoms with Crippen LogP contribution in [0.4, 0.5) is 5.69 Å². The summed E-state index contributed by atoms with van der Waals surface area (Å²) in [7, 11) is 0. The van der Waals surface area contributed by atoms with Gasteiger partial charge >= 0.3 is 0 Å². The van der Waals surface area contributed by atoms with Crippen LogP contribution in [0.1, 0.15) is 10.4 Å². The second-order valence-corrected chi connectivity index (χ2v) is 8.11. The topological polar surface area (TPSA) is 65.8 Å². The Morgan fingerprint density at radius 3 is 2.23 bits per heavy atom. The van der Waals surface area contributed by atoms with Gasteiger partial charge in [-0.15, -0.1) is 11.3 Å². The Hall–Kier alpha value is -4.01. The predicted octanol–water partition coefficient (Wildman–Crippen LogP) is 6.33. The average molecular weight is 422 g/mol. The highest BCUT2D eigenvalue weighted by Crippen LogP contribution is 2.33. The summed E-state index contributed by atoms with van der Waals surface area (Å²) >= 11 is 1.66. The van der Waals surface area contributed by atoms with Gasteiger partial charge in [0.25, 0.3) is 5.91 Å². The van der Waals surface area contributed by atoms with E-state index >= 15 is 0 Å². The number of hydrogen-bond donors (Lipinski definition) is 1. The first kappa shape index (κ1) is 20.3. The maximum Gasteiger partial charge on any atom is 0.266 e. The van der Waals surface area contributed by atoms with E-state index in [1.54, 1.807) is 17.4 Å². The van der Waals surface area contributed by atoms with Crippen molar-refractivity contribution in [1.82, 2.24) is 4.98 Å². The van der Waals surface area contributed by atoms with E-state index in [-0.39, 0.29) is 5.57 Å². The molecule has 0 saturated heterocycles. The number of carbonyl (C=O) groups excluding carboxylic acids is 1. The number of benzene rings is 3. The molecule has 1 heterocycles. The van der Waals surface area contributed by atoms with E-state index in [2.05, 4.69) is 24.4 Å². The molecule has 4 rings (SSSR count). The molecule has 0 radical (unpaired) electrons. The molecule has 0 saturated carbocycles. The lowest BCUT2D eigenvalue weighted by atomic mass is 10.1. The van der Waals surface area contributed by atoms with Crippen molar-refractivity contribution in [3.8, 4) is 27.9 Å². The zero-order chi connectivity index (χ0) is 21.6. The van der Waals surface area contributed by atoms with E-state index in [0.717, 1.165) is 32.3 Å². The van der Waals surface area contributed by atoms with Crippen molar-refractivity contribution in [2.24, 2.45) is 0 Å². The van der Waals surface area contributed by atoms with Crippen molar-refractivity contribution in [3.63, 3.8) is 0 Å². The van der Waals surface area contributed by atoms with Crippen LogP contribution in [0.25, 0.3) is 27.9 Å². The Morgan fingerprint density at radius 1 is 0.935 bits per heavy atom. The first-order chi connectivity index (χ1) is 15.1. The van der Waals surface area contributed by atoms with Gasteiger partial charge < -0.3 is 5.32 Å². The van der Waals surface area contributed by atoms with Crippen LogP contribution in [0, 0.1) is 18.3 Å². The molecule has 0 aliphatic heterocycles. The normalized spacial score (nSPS) is 11.0. The molecule has 150 valence electrons. The van der Waals surface area contributed by atoms with Crippen LogP contribution in [0.2, 0.25) is 0 Å². The maximum absolute atomic E-state index is 12.5. The lowest BCUT2D eigenvalue weighted by Crippen LogP contribution is -2.13. The highest BCUT2D eigenvalue weighted by atomic mass is 32.1. The van der Waals surface area contributed by atoms with Gasteiger partial charge in [0, 0.05) is 21.7 Å². The standard InChI is InChI=1S/C26H19N3OS/c1-18-24(29-26(31-18)21-10-6-3-7-11-21)20-12-14-23(15-13-20)28-25(30)22(17-27)16-19-8-4-2-5-9-19/h2-16H,1H3,(H,28,30)/b22-16+. The molecule has 0 spiro atoms. The minimum absolute atomic E-state index is 0.0538. The van der Waals surface area contributed by atoms with E-state index in [1.807, 2.05) is 78.9 Å². The monoisotopic (exact) mass is 421 g/mol. The average Bonchev–Trinajstić information content (AvgIpc) is 3.21. The zero-order valence-electron chi connectivity index (χ0n) is 16.9. The number of aromatic nitrogens is 1. The minimum atomic E-state index is -0.435. The molecule has 0 atom stereocenters. The van der Waals surface area contributed by atoms with Gasteiger partial charge in [-0.25, -0.2) is 4.98 Å². The summed E-state index contributed by atoms with van der Waals surface area (Å²) in [6.45, 7) is 2.06. The van der Waals surface area contributed by atoms with Crippen molar-refractivity contribution < 1.29 is 4.79 Å². The second-order valence-electron chi connectivity index (χ2n) is 6.90. The summed E-state index contributed by atoms with van der Waals surface area (Å²) in [4.78, 5) is 18.4. The van der Waals surface area contributed by atoms with Gasteiger partial charge in [-0.3, -0.25) is 4.79 Å². The van der Waals surface area contributed by atoms with Gasteiger partial charge in [0.05, 0.1) is 5.69 Å². The van der Waals surface area contributed by atoms with Gasteiger partial charge in [0.2, 0.25) is 0 Å². The van der Waals surface area contributed by atoms with Crippen molar-refractivity contribution in [3.05, 3.63) is 101 Å². The summed E-state index contributed by atoms with van der Waals surface area (Å²) in [6, 6.07) is 28.9. The Morgan fingerprint density at radius 2 is 1.58 bits per heavy atom. The van der Waals surface area contributed by atoms with E-state index < -0.39 is 5.91 Å². The number of anilines is 1. The Kier molecular flexibility index (Phi) is 6.02. The summed E-state index contributed by atoms with van der Waals surface area (Å²) in [5, 5.41) is 13.1. The molecule has 1 amide bonds. The summed E-state index contributed by atoms with van der Waals surface area (Å²) in [6.07, 6.45) is 1.58. The quantitative estimate of drug-likeness (QED) is 0.302. The molecule has 0 bridgehead atoms. The molecule has 31 heavy (non-hydrogen) atoms. The largest absolute Gasteiger partial charge is 0.321 e. The van der Waals surface area contributed by atoms with Crippen LogP contribution in [-0.2, 0) is 4.79 Å². The fourth-order valence-corrected chi connectivity index (χ4v) is 4.08. The highest BCUT2D eigenvalue weighted by Gasteiger charge is 2.13. The molecular weight excluding hydrogens is 402 g/mol. The Labute approximate surface area is 185 Å². The second kappa shape index (κ2) is 9.21. The van der Waals surface area contributed by atoms with Gasteiger partial charge in [0.15, 0.2) is 0 Å². The Balaban J connectivity index is 1.51. The first-order valence-corrected chi connectivity index (χ1v) is 10.6. The number of nitriles is 1. The number of nitrogens with one attached hydrogen (secondary N) is 1. The van der Waals surface area contributed by atoms with E-state index in [9.17, 15) is 10.1 Å². The number of carbonyl (C=O) groups is 1. The molecule has 0 fully saturated rings. The number of aryl methyl sites for hydroxylation is 1. The molecule has 3 aromatic carbocycles. The fourth-order valence-electron chi connectivity index (χ4n) is 3.14. The lowest BCUT2D eigenvalue weighted by molar-refractivity contribution is -0.112. The summed E-state index contributed by atoms with van der Waals surface area (Å²) in [5.41, 5.74) is 4.49. The van der Waals surface area contributed by atoms with E-state index in [1.165, 1.54) is 0 Å². The predicted molar refractivity (Wildman–Crippen MR) is 126 cm³/mol. The first-order valence-electron chi connectivity index (χ1n) is 9.75. The van der Waals surface area contributed by atoms with E-state index in [0.29, 0.717) is 5.69 Å².